The van der Waals surface area contributed by atoms with Crippen LogP contribution in [-0.4, -0.2) is 38.2 Å². The van der Waals surface area contributed by atoms with Crippen LogP contribution < -0.4 is 5.32 Å². The predicted octanol–water partition coefficient (Wildman–Crippen LogP) is 6.41. The van der Waals surface area contributed by atoms with Gasteiger partial charge in [0, 0.05) is 47.0 Å². The van der Waals surface area contributed by atoms with E-state index in [1.54, 1.807) is 4.90 Å². The number of anilines is 1. The Kier molecular flexibility index (Phi) is 6.58. The van der Waals surface area contributed by atoms with Gasteiger partial charge in [-0.1, -0.05) is 47.7 Å². The third-order valence-electron chi connectivity index (χ3n) is 6.66. The van der Waals surface area contributed by atoms with Crippen molar-refractivity contribution in [2.45, 2.75) is 45.9 Å². The molecule has 1 aromatic heterocycles. The largest absolute Gasteiger partial charge is 0.341 e. The molecule has 1 saturated heterocycles. The third kappa shape index (κ3) is 4.39. The second-order valence-corrected chi connectivity index (χ2v) is 10.3. The predicted molar refractivity (Wildman–Crippen MR) is 150 cm³/mol. The number of carbonyl (C=O) groups excluding carboxylic acids is 2. The quantitative estimate of drug-likeness (QED) is 0.334. The number of thioether (sulfide) groups is 1. The number of nitrogens with one attached hydrogen (secondary N) is 1. The maximum atomic E-state index is 13.1. The zero-order valence-electron chi connectivity index (χ0n) is 21.0. The molecule has 0 bridgehead atoms. The zero-order valence-corrected chi connectivity index (χ0v) is 21.9. The van der Waals surface area contributed by atoms with Gasteiger partial charge >= 0.3 is 0 Å². The first-order valence-electron chi connectivity index (χ1n) is 12.3. The average Bonchev–Trinajstić information content (AvgIpc) is 3.34. The molecule has 1 aliphatic rings. The highest BCUT2D eigenvalue weighted by Gasteiger charge is 2.38. The lowest BCUT2D eigenvalue weighted by atomic mass is 10.1. The van der Waals surface area contributed by atoms with E-state index in [9.17, 15) is 9.59 Å². The average molecular weight is 499 g/mol. The second-order valence-electron chi connectivity index (χ2n) is 9.12. The Morgan fingerprint density at radius 3 is 2.50 bits per heavy atom. The first-order valence-corrected chi connectivity index (χ1v) is 13.2. The molecule has 1 aliphatic heterocycles. The number of carbonyl (C=O) groups is 2. The fraction of sp³-hybridized carbons (Fsp3) is 0.276. The highest BCUT2D eigenvalue weighted by atomic mass is 32.2. The summed E-state index contributed by atoms with van der Waals surface area (Å²) in [4.78, 5) is 32.4. The number of amides is 2. The molecule has 0 radical (unpaired) electrons. The second kappa shape index (κ2) is 9.82. The topological polar surface area (TPSA) is 66.7 Å². The van der Waals surface area contributed by atoms with Gasteiger partial charge in [-0.05, 0) is 63.6 Å². The standard InChI is InChI=1S/C29H30N4O2S/c1-5-32-24-10-8-7-9-21(24)22-16-20(12-14-25(22)32)30-29-33(6-2)28(35)26(36-29)17-27(34)31-23-13-11-18(3)15-19(23)4/h7-16,26H,5-6,17H2,1-4H3,(H,31,34). The Labute approximate surface area is 215 Å². The third-order valence-corrected chi connectivity index (χ3v) is 7.84. The number of aliphatic imine (C=N–C) groups is 1. The van der Waals surface area contributed by atoms with Crippen molar-refractivity contribution in [3.8, 4) is 0 Å². The van der Waals surface area contributed by atoms with Crippen molar-refractivity contribution in [2.75, 3.05) is 11.9 Å². The van der Waals surface area contributed by atoms with Gasteiger partial charge in [0.1, 0.15) is 5.25 Å². The van der Waals surface area contributed by atoms with Crippen molar-refractivity contribution in [3.05, 3.63) is 71.8 Å². The molecule has 5 rings (SSSR count). The van der Waals surface area contributed by atoms with Crippen molar-refractivity contribution in [2.24, 2.45) is 4.99 Å². The Morgan fingerprint density at radius 2 is 1.75 bits per heavy atom. The van der Waals surface area contributed by atoms with Crippen LogP contribution in [0.25, 0.3) is 21.8 Å². The highest BCUT2D eigenvalue weighted by molar-refractivity contribution is 8.15. The van der Waals surface area contributed by atoms with Crippen LogP contribution in [0.1, 0.15) is 31.4 Å². The number of aromatic nitrogens is 1. The summed E-state index contributed by atoms with van der Waals surface area (Å²) in [6.07, 6.45) is 0.107. The zero-order chi connectivity index (χ0) is 25.4. The molecule has 184 valence electrons. The van der Waals surface area contributed by atoms with Crippen LogP contribution in [0.4, 0.5) is 11.4 Å². The van der Waals surface area contributed by atoms with E-state index in [1.807, 2.05) is 45.0 Å². The van der Waals surface area contributed by atoms with Crippen LogP contribution >= 0.6 is 11.8 Å². The molecule has 4 aromatic rings. The molecule has 36 heavy (non-hydrogen) atoms. The van der Waals surface area contributed by atoms with E-state index < -0.39 is 5.25 Å². The Bertz CT molecular complexity index is 1520. The van der Waals surface area contributed by atoms with E-state index in [1.165, 1.54) is 28.2 Å². The minimum atomic E-state index is -0.486. The number of hydrogen-bond acceptors (Lipinski definition) is 4. The lowest BCUT2D eigenvalue weighted by molar-refractivity contribution is -0.128. The highest BCUT2D eigenvalue weighted by Crippen LogP contribution is 2.35. The number of amidine groups is 1. The monoisotopic (exact) mass is 498 g/mol. The molecule has 1 N–H and O–H groups in total. The van der Waals surface area contributed by atoms with E-state index in [-0.39, 0.29) is 18.2 Å². The van der Waals surface area contributed by atoms with E-state index in [0.29, 0.717) is 11.7 Å². The normalized spacial score (nSPS) is 17.0. The van der Waals surface area contributed by atoms with Gasteiger partial charge in [-0.15, -0.1) is 0 Å². The molecule has 2 amide bonds. The lowest BCUT2D eigenvalue weighted by Gasteiger charge is -2.13. The van der Waals surface area contributed by atoms with Crippen molar-refractivity contribution in [1.29, 1.82) is 0 Å². The summed E-state index contributed by atoms with van der Waals surface area (Å²) < 4.78 is 2.30. The lowest BCUT2D eigenvalue weighted by Crippen LogP contribution is -2.33. The van der Waals surface area contributed by atoms with Gasteiger partial charge in [0.05, 0.1) is 5.69 Å². The SMILES string of the molecule is CCN1C(=O)C(CC(=O)Nc2ccc(C)cc2C)SC1=Nc1ccc2c(c1)c1ccccc1n2CC. The van der Waals surface area contributed by atoms with Gasteiger partial charge in [-0.25, -0.2) is 4.99 Å². The van der Waals surface area contributed by atoms with Crippen LogP contribution in [0.2, 0.25) is 0 Å². The van der Waals surface area contributed by atoms with E-state index in [0.717, 1.165) is 34.4 Å². The minimum Gasteiger partial charge on any atom is -0.341 e. The summed E-state index contributed by atoms with van der Waals surface area (Å²) in [5.74, 6) is -0.236. The Balaban J connectivity index is 1.40. The van der Waals surface area contributed by atoms with Gasteiger partial charge in [0.2, 0.25) is 11.8 Å². The number of nitrogens with zero attached hydrogens (tertiary/aromatic N) is 3. The first-order chi connectivity index (χ1) is 17.4. The number of fused-ring (bicyclic) bond motifs is 3. The number of benzene rings is 3. The van der Waals surface area contributed by atoms with Crippen LogP contribution in [-0.2, 0) is 16.1 Å². The maximum Gasteiger partial charge on any atom is 0.242 e. The fourth-order valence-electron chi connectivity index (χ4n) is 4.90. The summed E-state index contributed by atoms with van der Waals surface area (Å²) >= 11 is 1.37. The van der Waals surface area contributed by atoms with Gasteiger partial charge in [-0.2, -0.15) is 0 Å². The van der Waals surface area contributed by atoms with Gasteiger partial charge in [0.25, 0.3) is 0 Å². The van der Waals surface area contributed by atoms with Crippen molar-refractivity contribution < 1.29 is 9.59 Å². The summed E-state index contributed by atoms with van der Waals surface area (Å²) in [6.45, 7) is 9.47. The molecule has 1 unspecified atom stereocenters. The Hall–Kier alpha value is -3.58. The van der Waals surface area contributed by atoms with Gasteiger partial charge < -0.3 is 9.88 Å². The van der Waals surface area contributed by atoms with Gasteiger partial charge in [-0.3, -0.25) is 14.5 Å². The number of para-hydroxylation sites is 1. The van der Waals surface area contributed by atoms with Crippen LogP contribution in [0.5, 0.6) is 0 Å². The number of aryl methyl sites for hydroxylation is 3. The van der Waals surface area contributed by atoms with Crippen LogP contribution in [0, 0.1) is 13.8 Å². The van der Waals surface area contributed by atoms with Gasteiger partial charge in [0.15, 0.2) is 5.17 Å². The molecule has 7 heteroatoms. The molecular weight excluding hydrogens is 468 g/mol. The smallest absolute Gasteiger partial charge is 0.242 e. The molecule has 1 atom stereocenters. The first kappa shape index (κ1) is 24.1. The number of rotatable bonds is 6. The molecule has 0 saturated carbocycles. The van der Waals surface area contributed by atoms with Crippen LogP contribution in [0.15, 0.2) is 65.7 Å². The molecular formula is C29H30N4O2S. The molecule has 0 aliphatic carbocycles. The fourth-order valence-corrected chi connectivity index (χ4v) is 6.12. The van der Waals surface area contributed by atoms with Crippen molar-refractivity contribution >= 4 is 61.9 Å². The van der Waals surface area contributed by atoms with E-state index in [4.69, 9.17) is 4.99 Å². The molecule has 3 aromatic carbocycles. The summed E-state index contributed by atoms with van der Waals surface area (Å²) in [6, 6.07) is 20.5. The maximum absolute atomic E-state index is 13.1. The van der Waals surface area contributed by atoms with Crippen molar-refractivity contribution in [3.63, 3.8) is 0 Å². The minimum absolute atomic E-state index is 0.0688. The van der Waals surface area contributed by atoms with Crippen molar-refractivity contribution in [1.82, 2.24) is 9.47 Å². The number of hydrogen-bond donors (Lipinski definition) is 1. The summed E-state index contributed by atoms with van der Waals surface area (Å²) in [7, 11) is 0. The van der Waals surface area contributed by atoms with E-state index >= 15 is 0 Å². The molecule has 0 spiro atoms. The Morgan fingerprint density at radius 1 is 0.972 bits per heavy atom. The summed E-state index contributed by atoms with van der Waals surface area (Å²) in [5, 5.41) is 5.46. The molecule has 1 fully saturated rings. The summed E-state index contributed by atoms with van der Waals surface area (Å²) in [5.41, 5.74) is 6.11. The van der Waals surface area contributed by atoms with Crippen LogP contribution in [0.3, 0.4) is 0 Å². The van der Waals surface area contributed by atoms with E-state index in [2.05, 4.69) is 53.2 Å². The molecule has 2 heterocycles. The molecule has 6 nitrogen and oxygen atoms in total.